The van der Waals surface area contributed by atoms with Crippen molar-refractivity contribution in [3.05, 3.63) is 40.1 Å². The summed E-state index contributed by atoms with van der Waals surface area (Å²) in [5, 5.41) is 10.3. The topological polar surface area (TPSA) is 112 Å². The highest BCUT2D eigenvalue weighted by Gasteiger charge is 2.28. The Kier molecular flexibility index (Phi) is 7.29. The van der Waals surface area contributed by atoms with E-state index >= 15 is 0 Å². The minimum Gasteiger partial charge on any atom is -0.478 e. The lowest BCUT2D eigenvalue weighted by molar-refractivity contribution is 0.0796. The molecule has 1 saturated heterocycles. The number of rotatable bonds is 6. The molecular weight excluding hydrogens is 392 g/mol. The zero-order chi connectivity index (χ0) is 21.8. The van der Waals surface area contributed by atoms with Crippen molar-refractivity contribution in [1.29, 1.82) is 5.41 Å². The summed E-state index contributed by atoms with van der Waals surface area (Å²) in [4.78, 5) is 13.8. The Balaban J connectivity index is 2.33. The van der Waals surface area contributed by atoms with E-state index in [2.05, 4.69) is 5.32 Å². The highest BCUT2D eigenvalue weighted by molar-refractivity contribution is 7.94. The minimum atomic E-state index is -4.28. The van der Waals surface area contributed by atoms with Gasteiger partial charge in [-0.15, -0.1) is 0 Å². The number of para-hydroxylation sites is 1. The van der Waals surface area contributed by atoms with Crippen LogP contribution in [0.3, 0.4) is 0 Å². The number of nitrogens with one attached hydrogen (secondary N) is 3. The molecule has 1 aromatic rings. The number of carbonyl (C=O) groups is 1. The molecule has 0 atom stereocenters. The van der Waals surface area contributed by atoms with E-state index in [9.17, 15) is 13.2 Å². The third kappa shape index (κ3) is 5.29. The number of allylic oxidation sites excluding steroid dienone is 1. The third-order valence-electron chi connectivity index (χ3n) is 4.69. The Labute approximate surface area is 172 Å². The Bertz CT molecular complexity index is 881. The molecular formula is C20H30N4O4S. The highest BCUT2D eigenvalue weighted by Crippen LogP contribution is 2.32. The lowest BCUT2D eigenvalue weighted by atomic mass is 9.93. The van der Waals surface area contributed by atoms with Crippen LogP contribution in [0.25, 0.3) is 0 Å². The van der Waals surface area contributed by atoms with Crippen molar-refractivity contribution < 1.29 is 17.9 Å². The van der Waals surface area contributed by atoms with Crippen LogP contribution < -0.4 is 10.0 Å². The molecule has 1 heterocycles. The fraction of sp³-hybridized carbons (Fsp3) is 0.500. The number of hydrogen-bond acceptors (Lipinski definition) is 6. The quantitative estimate of drug-likeness (QED) is 0.607. The maximum atomic E-state index is 12.8. The van der Waals surface area contributed by atoms with Gasteiger partial charge >= 0.3 is 6.03 Å². The van der Waals surface area contributed by atoms with Crippen LogP contribution >= 0.6 is 0 Å². The second-order valence-electron chi connectivity index (χ2n) is 7.62. The standard InChI is InChI=1S/C20H30N4O4S/c1-13(2)15-8-6-9-16(14(3)4)18(15)22-20(25)23-29(26,27)17(12-21)19-24(5)10-7-11-28-19/h6,8-9,12-14,21H,7,10-11H2,1-5H3,(H2,22,23,25)/b19-17-,21-12?. The van der Waals surface area contributed by atoms with E-state index in [-0.39, 0.29) is 22.6 Å². The van der Waals surface area contributed by atoms with Gasteiger partial charge in [0, 0.05) is 25.5 Å². The molecule has 9 heteroatoms. The zero-order valence-electron chi connectivity index (χ0n) is 17.6. The Morgan fingerprint density at radius 2 is 1.79 bits per heavy atom. The van der Waals surface area contributed by atoms with E-state index in [4.69, 9.17) is 10.1 Å². The summed E-state index contributed by atoms with van der Waals surface area (Å²) in [6.07, 6.45) is 1.44. The van der Waals surface area contributed by atoms with E-state index in [1.54, 1.807) is 11.9 Å². The maximum Gasteiger partial charge on any atom is 0.333 e. The molecule has 0 bridgehead atoms. The maximum absolute atomic E-state index is 12.8. The number of sulfonamides is 1. The Hall–Kier alpha value is -2.55. The Morgan fingerprint density at radius 3 is 2.28 bits per heavy atom. The van der Waals surface area contributed by atoms with E-state index < -0.39 is 16.1 Å². The molecule has 3 N–H and O–H groups in total. The number of carbonyl (C=O) groups excluding carboxylic acids is 1. The number of amides is 2. The molecule has 0 radical (unpaired) electrons. The molecule has 1 aliphatic rings. The van der Waals surface area contributed by atoms with Crippen LogP contribution in [0.1, 0.15) is 57.1 Å². The molecule has 2 rings (SSSR count). The normalized spacial score (nSPS) is 16.4. The monoisotopic (exact) mass is 422 g/mol. The van der Waals surface area contributed by atoms with Gasteiger partial charge in [0.1, 0.15) is 0 Å². The average Bonchev–Trinajstić information content (AvgIpc) is 2.62. The second-order valence-corrected chi connectivity index (χ2v) is 9.27. The van der Waals surface area contributed by atoms with Gasteiger partial charge in [0.25, 0.3) is 10.0 Å². The van der Waals surface area contributed by atoms with Crippen molar-refractivity contribution in [2.45, 2.75) is 46.0 Å². The fourth-order valence-electron chi connectivity index (χ4n) is 3.21. The van der Waals surface area contributed by atoms with Gasteiger partial charge in [-0.1, -0.05) is 45.9 Å². The second kappa shape index (κ2) is 9.30. The summed E-state index contributed by atoms with van der Waals surface area (Å²) in [6, 6.07) is 4.88. The van der Waals surface area contributed by atoms with Crippen molar-refractivity contribution in [1.82, 2.24) is 9.62 Å². The number of urea groups is 1. The van der Waals surface area contributed by atoms with Crippen LogP contribution in [0.15, 0.2) is 29.0 Å². The van der Waals surface area contributed by atoms with Gasteiger partial charge in [-0.25, -0.2) is 17.9 Å². The molecule has 0 aliphatic carbocycles. The molecule has 1 aromatic carbocycles. The smallest absolute Gasteiger partial charge is 0.333 e. The zero-order valence-corrected chi connectivity index (χ0v) is 18.4. The molecule has 0 unspecified atom stereocenters. The molecule has 8 nitrogen and oxygen atoms in total. The molecule has 0 aromatic heterocycles. The van der Waals surface area contributed by atoms with Gasteiger partial charge in [0.15, 0.2) is 4.91 Å². The molecule has 29 heavy (non-hydrogen) atoms. The van der Waals surface area contributed by atoms with Gasteiger partial charge in [0.05, 0.1) is 6.61 Å². The Morgan fingerprint density at radius 1 is 1.21 bits per heavy atom. The minimum absolute atomic E-state index is 0.0667. The largest absolute Gasteiger partial charge is 0.478 e. The van der Waals surface area contributed by atoms with Gasteiger partial charge < -0.3 is 20.4 Å². The summed E-state index contributed by atoms with van der Waals surface area (Å²) < 4.78 is 33.0. The van der Waals surface area contributed by atoms with Crippen molar-refractivity contribution in [2.75, 3.05) is 25.5 Å². The van der Waals surface area contributed by atoms with Gasteiger partial charge in [-0.3, -0.25) is 0 Å². The SMILES string of the molecule is CC(C)c1cccc(C(C)C)c1NC(=O)NS(=O)(=O)/C(C=N)=C1\OCCCN1C. The first-order valence-corrected chi connectivity index (χ1v) is 11.1. The molecule has 1 fully saturated rings. The number of anilines is 1. The first kappa shape index (κ1) is 22.7. The van der Waals surface area contributed by atoms with Crippen molar-refractivity contribution in [3.63, 3.8) is 0 Å². The van der Waals surface area contributed by atoms with Crippen LogP contribution in [-0.2, 0) is 14.8 Å². The first-order chi connectivity index (χ1) is 13.6. The van der Waals surface area contributed by atoms with Crippen LogP contribution in [0.4, 0.5) is 10.5 Å². The van der Waals surface area contributed by atoms with Gasteiger partial charge in [0.2, 0.25) is 5.88 Å². The van der Waals surface area contributed by atoms with Crippen LogP contribution in [0.5, 0.6) is 0 Å². The predicted octanol–water partition coefficient (Wildman–Crippen LogP) is 3.56. The molecule has 160 valence electrons. The molecule has 2 amide bonds. The summed E-state index contributed by atoms with van der Waals surface area (Å²) in [7, 11) is -2.60. The van der Waals surface area contributed by atoms with E-state index in [0.29, 0.717) is 25.1 Å². The molecule has 1 aliphatic heterocycles. The van der Waals surface area contributed by atoms with Crippen LogP contribution in [0.2, 0.25) is 0 Å². The van der Waals surface area contributed by atoms with Crippen molar-refractivity contribution >= 4 is 28.0 Å². The fourth-order valence-corrected chi connectivity index (χ4v) is 4.21. The van der Waals surface area contributed by atoms with Crippen molar-refractivity contribution in [3.8, 4) is 0 Å². The molecule has 0 spiro atoms. The number of hydrogen-bond donors (Lipinski definition) is 3. The van der Waals surface area contributed by atoms with E-state index in [0.717, 1.165) is 17.5 Å². The van der Waals surface area contributed by atoms with Gasteiger partial charge in [-0.2, -0.15) is 0 Å². The molecule has 0 saturated carbocycles. The summed E-state index contributed by atoms with van der Waals surface area (Å²) >= 11 is 0. The number of ether oxygens (including phenoxy) is 1. The first-order valence-electron chi connectivity index (χ1n) is 9.63. The lowest BCUT2D eigenvalue weighted by Crippen LogP contribution is -2.38. The predicted molar refractivity (Wildman–Crippen MR) is 115 cm³/mol. The van der Waals surface area contributed by atoms with E-state index in [1.807, 2.05) is 50.6 Å². The van der Waals surface area contributed by atoms with Crippen LogP contribution in [0, 0.1) is 5.41 Å². The lowest BCUT2D eigenvalue weighted by Gasteiger charge is -2.29. The van der Waals surface area contributed by atoms with Crippen LogP contribution in [-0.4, -0.2) is 45.8 Å². The number of benzene rings is 1. The summed E-state index contributed by atoms with van der Waals surface area (Å²) in [6.45, 7) is 8.99. The highest BCUT2D eigenvalue weighted by atomic mass is 32.2. The average molecular weight is 423 g/mol. The third-order valence-corrected chi connectivity index (χ3v) is 6.02. The van der Waals surface area contributed by atoms with E-state index in [1.165, 1.54) is 0 Å². The summed E-state index contributed by atoms with van der Waals surface area (Å²) in [5.74, 6) is 0.352. The number of nitrogens with zero attached hydrogens (tertiary/aromatic N) is 1. The van der Waals surface area contributed by atoms with Crippen molar-refractivity contribution in [2.24, 2.45) is 0 Å². The van der Waals surface area contributed by atoms with Gasteiger partial charge in [-0.05, 0) is 29.4 Å². The summed E-state index contributed by atoms with van der Waals surface area (Å²) in [5.41, 5.74) is 2.45.